The number of rotatable bonds is 5. The molecule has 0 atom stereocenters. The zero-order chi connectivity index (χ0) is 12.1. The first kappa shape index (κ1) is 11.9. The number of ether oxygens (including phenoxy) is 1. The Morgan fingerprint density at radius 3 is 2.76 bits per heavy atom. The van der Waals surface area contributed by atoms with Crippen LogP contribution in [0.1, 0.15) is 22.2 Å². The fraction of sp³-hybridized carbons (Fsp3) is 0.214. The molecule has 0 spiro atoms. The molecule has 17 heavy (non-hydrogen) atoms. The molecule has 3 heteroatoms. The van der Waals surface area contributed by atoms with Crippen molar-refractivity contribution in [1.82, 2.24) is 0 Å². The minimum absolute atomic E-state index is 0.0332. The van der Waals surface area contributed by atoms with Gasteiger partial charge in [-0.05, 0) is 29.5 Å². The summed E-state index contributed by atoms with van der Waals surface area (Å²) in [4.78, 5) is 12.5. The van der Waals surface area contributed by atoms with E-state index in [1.54, 1.807) is 0 Å². The summed E-state index contributed by atoms with van der Waals surface area (Å²) in [5, 5.41) is 1.90. The molecule has 0 bridgehead atoms. The molecule has 0 amide bonds. The normalized spacial score (nSPS) is 10.2. The Morgan fingerprint density at radius 2 is 2.06 bits per heavy atom. The summed E-state index contributed by atoms with van der Waals surface area (Å²) in [5.41, 5.74) is 1.13. The van der Waals surface area contributed by atoms with Gasteiger partial charge in [0, 0.05) is 0 Å². The van der Waals surface area contributed by atoms with E-state index in [4.69, 9.17) is 4.74 Å². The van der Waals surface area contributed by atoms with Crippen molar-refractivity contribution < 1.29 is 9.53 Å². The largest absolute Gasteiger partial charge is 0.485 e. The van der Waals surface area contributed by atoms with Crippen LogP contribution in [-0.4, -0.2) is 12.4 Å². The Morgan fingerprint density at radius 1 is 1.24 bits per heavy atom. The number of Topliss-reactive ketones (excluding diaryl/α,β-unsaturated/α-hetero) is 1. The lowest BCUT2D eigenvalue weighted by Crippen LogP contribution is -2.10. The minimum atomic E-state index is 0.0332. The van der Waals surface area contributed by atoms with Crippen molar-refractivity contribution in [3.8, 4) is 5.75 Å². The number of carbonyl (C=O) groups is 1. The molecule has 2 rings (SSSR count). The third-order valence-corrected chi connectivity index (χ3v) is 3.42. The number of ketones is 1. The lowest BCUT2D eigenvalue weighted by molar-refractivity contribution is 0.0925. The van der Waals surface area contributed by atoms with Crippen molar-refractivity contribution in [3.63, 3.8) is 0 Å². The van der Waals surface area contributed by atoms with Crippen molar-refractivity contribution in [3.05, 3.63) is 52.2 Å². The Hall–Kier alpha value is -1.61. The number of aryl methyl sites for hydroxylation is 1. The molecule has 0 aliphatic carbocycles. The van der Waals surface area contributed by atoms with E-state index in [0.29, 0.717) is 0 Å². The summed E-state index contributed by atoms with van der Waals surface area (Å²) in [6.45, 7) is 2.18. The van der Waals surface area contributed by atoms with Crippen molar-refractivity contribution in [2.75, 3.05) is 6.61 Å². The van der Waals surface area contributed by atoms with Crippen LogP contribution < -0.4 is 4.74 Å². The highest BCUT2D eigenvalue weighted by molar-refractivity contribution is 7.12. The van der Waals surface area contributed by atoms with Crippen molar-refractivity contribution in [1.29, 1.82) is 0 Å². The lowest BCUT2D eigenvalue weighted by atomic mass is 10.1. The Labute approximate surface area is 105 Å². The second-order valence-electron chi connectivity index (χ2n) is 3.65. The summed E-state index contributed by atoms with van der Waals surface area (Å²) in [6.07, 6.45) is 0.906. The number of carbonyl (C=O) groups excluding carboxylic acids is 1. The van der Waals surface area contributed by atoms with Gasteiger partial charge in [0.1, 0.15) is 5.75 Å². The smallest absolute Gasteiger partial charge is 0.210 e. The van der Waals surface area contributed by atoms with Crippen molar-refractivity contribution >= 4 is 17.1 Å². The molecular formula is C14H14O2S. The fourth-order valence-electron chi connectivity index (χ4n) is 1.59. The molecule has 0 saturated heterocycles. The first-order valence-electron chi connectivity index (χ1n) is 5.58. The molecule has 0 fully saturated rings. The van der Waals surface area contributed by atoms with Gasteiger partial charge in [0.2, 0.25) is 5.78 Å². The van der Waals surface area contributed by atoms with Crippen LogP contribution in [-0.2, 0) is 6.42 Å². The first-order valence-corrected chi connectivity index (χ1v) is 6.46. The summed E-state index contributed by atoms with van der Waals surface area (Å²) in [7, 11) is 0. The molecule has 1 aromatic carbocycles. The van der Waals surface area contributed by atoms with Gasteiger partial charge in [-0.25, -0.2) is 0 Å². The predicted octanol–water partition coefficient (Wildman–Crippen LogP) is 3.57. The van der Waals surface area contributed by atoms with Crippen LogP contribution in [0.25, 0.3) is 0 Å². The van der Waals surface area contributed by atoms with E-state index in [1.165, 1.54) is 11.3 Å². The highest BCUT2D eigenvalue weighted by atomic mass is 32.1. The Balaban J connectivity index is 2.00. The lowest BCUT2D eigenvalue weighted by Gasteiger charge is -2.08. The summed E-state index contributed by atoms with van der Waals surface area (Å²) < 4.78 is 5.57. The molecule has 0 aliphatic heterocycles. The topological polar surface area (TPSA) is 26.3 Å². The summed E-state index contributed by atoms with van der Waals surface area (Å²) in [5.74, 6) is 0.839. The predicted molar refractivity (Wildman–Crippen MR) is 70.0 cm³/mol. The van der Waals surface area contributed by atoms with Gasteiger partial charge in [-0.1, -0.05) is 31.2 Å². The number of hydrogen-bond acceptors (Lipinski definition) is 3. The monoisotopic (exact) mass is 246 g/mol. The van der Waals surface area contributed by atoms with Gasteiger partial charge in [-0.3, -0.25) is 4.79 Å². The quantitative estimate of drug-likeness (QED) is 0.754. The molecule has 0 unspecified atom stereocenters. The third-order valence-electron chi connectivity index (χ3n) is 2.51. The van der Waals surface area contributed by atoms with E-state index >= 15 is 0 Å². The van der Waals surface area contributed by atoms with Crippen molar-refractivity contribution in [2.24, 2.45) is 0 Å². The number of hydrogen-bond donors (Lipinski definition) is 0. The maximum atomic E-state index is 11.8. The molecule has 0 radical (unpaired) electrons. The highest BCUT2D eigenvalue weighted by Gasteiger charge is 2.08. The van der Waals surface area contributed by atoms with Crippen LogP contribution >= 0.6 is 11.3 Å². The summed E-state index contributed by atoms with van der Waals surface area (Å²) >= 11 is 1.45. The van der Waals surface area contributed by atoms with E-state index in [-0.39, 0.29) is 12.4 Å². The standard InChI is InChI=1S/C14H14O2S/c1-2-11-6-3-4-7-13(11)16-10-12(15)14-8-5-9-17-14/h3-9H,2,10H2,1H3. The molecule has 1 heterocycles. The van der Waals surface area contributed by atoms with Gasteiger partial charge in [0.05, 0.1) is 4.88 Å². The summed E-state index contributed by atoms with van der Waals surface area (Å²) in [6, 6.07) is 11.5. The molecule has 0 saturated carbocycles. The maximum absolute atomic E-state index is 11.8. The highest BCUT2D eigenvalue weighted by Crippen LogP contribution is 2.19. The van der Waals surface area contributed by atoms with Gasteiger partial charge >= 0.3 is 0 Å². The van der Waals surface area contributed by atoms with Gasteiger partial charge in [-0.15, -0.1) is 11.3 Å². The van der Waals surface area contributed by atoms with Gasteiger partial charge in [0.25, 0.3) is 0 Å². The van der Waals surface area contributed by atoms with Crippen LogP contribution in [0.3, 0.4) is 0 Å². The SMILES string of the molecule is CCc1ccccc1OCC(=O)c1cccs1. The zero-order valence-electron chi connectivity index (χ0n) is 9.68. The molecule has 2 aromatic rings. The van der Waals surface area contributed by atoms with Crippen molar-refractivity contribution in [2.45, 2.75) is 13.3 Å². The van der Waals surface area contributed by atoms with E-state index in [1.807, 2.05) is 41.8 Å². The average molecular weight is 246 g/mol. The number of para-hydroxylation sites is 1. The van der Waals surface area contributed by atoms with Crippen LogP contribution in [0.4, 0.5) is 0 Å². The van der Waals surface area contributed by atoms with Crippen LogP contribution in [0, 0.1) is 0 Å². The molecule has 0 N–H and O–H groups in total. The maximum Gasteiger partial charge on any atom is 0.210 e. The second kappa shape index (κ2) is 5.64. The Bertz CT molecular complexity index is 489. The van der Waals surface area contributed by atoms with E-state index < -0.39 is 0 Å². The second-order valence-corrected chi connectivity index (χ2v) is 4.60. The first-order chi connectivity index (χ1) is 8.31. The minimum Gasteiger partial charge on any atom is -0.485 e. The van der Waals surface area contributed by atoms with Gasteiger partial charge in [0.15, 0.2) is 6.61 Å². The van der Waals surface area contributed by atoms with Gasteiger partial charge in [-0.2, -0.15) is 0 Å². The average Bonchev–Trinajstić information content (AvgIpc) is 2.90. The fourth-order valence-corrected chi connectivity index (χ4v) is 2.24. The Kier molecular flexibility index (Phi) is 3.94. The molecule has 2 nitrogen and oxygen atoms in total. The molecular weight excluding hydrogens is 232 g/mol. The number of benzene rings is 1. The van der Waals surface area contributed by atoms with E-state index in [9.17, 15) is 4.79 Å². The van der Waals surface area contributed by atoms with Gasteiger partial charge < -0.3 is 4.74 Å². The van der Waals surface area contributed by atoms with E-state index in [0.717, 1.165) is 22.6 Å². The molecule has 88 valence electrons. The zero-order valence-corrected chi connectivity index (χ0v) is 10.5. The van der Waals surface area contributed by atoms with Crippen LogP contribution in [0.2, 0.25) is 0 Å². The third kappa shape index (κ3) is 2.94. The van der Waals surface area contributed by atoms with E-state index in [2.05, 4.69) is 6.92 Å². The molecule has 1 aromatic heterocycles. The molecule has 0 aliphatic rings. The van der Waals surface area contributed by atoms with Crippen LogP contribution in [0.15, 0.2) is 41.8 Å². The van der Waals surface area contributed by atoms with Crippen LogP contribution in [0.5, 0.6) is 5.75 Å². The number of thiophene rings is 1.